The zero-order valence-electron chi connectivity index (χ0n) is 15.4. The lowest BCUT2D eigenvalue weighted by Gasteiger charge is -2.39. The van der Waals surface area contributed by atoms with E-state index in [0.717, 1.165) is 24.9 Å². The first kappa shape index (κ1) is 17.7. The Morgan fingerprint density at radius 1 is 0.962 bits per heavy atom. The van der Waals surface area contributed by atoms with Gasteiger partial charge in [0.1, 0.15) is 0 Å². The van der Waals surface area contributed by atoms with Crippen LogP contribution < -0.4 is 0 Å². The van der Waals surface area contributed by atoms with Crippen molar-refractivity contribution in [3.63, 3.8) is 0 Å². The maximum Gasteiger partial charge on any atom is 0.254 e. The zero-order chi connectivity index (χ0) is 18.2. The minimum Gasteiger partial charge on any atom is -0.288 e. The highest BCUT2D eigenvalue weighted by atomic mass is 19.3. The van der Waals surface area contributed by atoms with Crippen molar-refractivity contribution < 1.29 is 8.78 Å². The van der Waals surface area contributed by atoms with Crippen molar-refractivity contribution in [1.82, 2.24) is 4.90 Å². The molecule has 1 nitrogen and oxygen atoms in total. The highest BCUT2D eigenvalue weighted by Gasteiger charge is 2.62. The summed E-state index contributed by atoms with van der Waals surface area (Å²) in [6.45, 7) is 2.57. The van der Waals surface area contributed by atoms with Crippen LogP contribution in [0.15, 0.2) is 60.7 Å². The maximum absolute atomic E-state index is 15.2. The summed E-state index contributed by atoms with van der Waals surface area (Å²) in [7, 11) is 0. The van der Waals surface area contributed by atoms with Gasteiger partial charge in [0.2, 0.25) is 0 Å². The molecule has 26 heavy (non-hydrogen) atoms. The SMILES string of the molecule is C[C@]12C[C@@H](c3ccccc3)N(Cc3ccccc3)[C@H]1CCCCC2(F)F. The lowest BCUT2D eigenvalue weighted by molar-refractivity contribution is -0.127. The van der Waals surface area contributed by atoms with Gasteiger partial charge in [0, 0.05) is 30.5 Å². The molecule has 2 fully saturated rings. The molecule has 1 heterocycles. The lowest BCUT2D eigenvalue weighted by Crippen LogP contribution is -2.47. The van der Waals surface area contributed by atoms with Crippen LogP contribution >= 0.6 is 0 Å². The molecule has 2 aromatic rings. The Kier molecular flexibility index (Phi) is 4.60. The highest BCUT2D eigenvalue weighted by molar-refractivity contribution is 5.25. The second kappa shape index (κ2) is 6.77. The first-order valence-corrected chi connectivity index (χ1v) is 9.74. The summed E-state index contributed by atoms with van der Waals surface area (Å²) in [5.74, 6) is -2.60. The van der Waals surface area contributed by atoms with Gasteiger partial charge < -0.3 is 0 Å². The molecule has 2 aromatic carbocycles. The van der Waals surface area contributed by atoms with Crippen molar-refractivity contribution in [3.8, 4) is 0 Å². The molecule has 1 saturated heterocycles. The predicted molar refractivity (Wildman–Crippen MR) is 101 cm³/mol. The number of rotatable bonds is 3. The van der Waals surface area contributed by atoms with Crippen molar-refractivity contribution in [2.75, 3.05) is 0 Å². The molecule has 3 heteroatoms. The Balaban J connectivity index is 1.75. The molecule has 2 aliphatic rings. The standard InChI is InChI=1S/C23H27F2N/c1-22-16-20(19-12-6-3-7-13-19)26(17-18-10-4-2-5-11-18)21(22)14-8-9-15-23(22,24)25/h2-7,10-13,20-21H,8-9,14-17H2,1H3/t20-,21-,22-/m0/s1. The van der Waals surface area contributed by atoms with Crippen LogP contribution in [0, 0.1) is 5.41 Å². The Morgan fingerprint density at radius 2 is 1.62 bits per heavy atom. The lowest BCUT2D eigenvalue weighted by atomic mass is 9.74. The maximum atomic E-state index is 15.2. The number of likely N-dealkylation sites (tertiary alicyclic amines) is 1. The average molecular weight is 355 g/mol. The minimum absolute atomic E-state index is 0.0285. The summed E-state index contributed by atoms with van der Waals surface area (Å²) >= 11 is 0. The summed E-state index contributed by atoms with van der Waals surface area (Å²) in [5, 5.41) is 0. The first-order chi connectivity index (χ1) is 12.5. The van der Waals surface area contributed by atoms with E-state index >= 15 is 8.78 Å². The zero-order valence-corrected chi connectivity index (χ0v) is 15.4. The normalized spacial score (nSPS) is 31.3. The van der Waals surface area contributed by atoms with Crippen molar-refractivity contribution >= 4 is 0 Å². The topological polar surface area (TPSA) is 3.24 Å². The quantitative estimate of drug-likeness (QED) is 0.632. The Morgan fingerprint density at radius 3 is 2.31 bits per heavy atom. The van der Waals surface area contributed by atoms with Crippen LogP contribution in [0.4, 0.5) is 8.78 Å². The van der Waals surface area contributed by atoms with Gasteiger partial charge in [0.15, 0.2) is 0 Å². The van der Waals surface area contributed by atoms with Crippen LogP contribution in [-0.2, 0) is 6.54 Å². The van der Waals surface area contributed by atoms with Crippen LogP contribution in [0.5, 0.6) is 0 Å². The molecule has 1 saturated carbocycles. The fourth-order valence-electron chi connectivity index (χ4n) is 5.09. The summed E-state index contributed by atoms with van der Waals surface area (Å²) in [6, 6.07) is 20.5. The van der Waals surface area contributed by atoms with Crippen molar-refractivity contribution in [3.05, 3.63) is 71.8 Å². The van der Waals surface area contributed by atoms with Crippen molar-refractivity contribution in [2.24, 2.45) is 5.41 Å². The molecule has 0 amide bonds. The Labute approximate surface area is 155 Å². The number of fused-ring (bicyclic) bond motifs is 1. The Bertz CT molecular complexity index is 730. The molecule has 4 rings (SSSR count). The third-order valence-electron chi connectivity index (χ3n) is 6.60. The average Bonchev–Trinajstić information content (AvgIpc) is 2.88. The fourth-order valence-corrected chi connectivity index (χ4v) is 5.09. The van der Waals surface area contributed by atoms with Crippen LogP contribution in [0.1, 0.15) is 56.2 Å². The van der Waals surface area contributed by atoms with E-state index in [4.69, 9.17) is 0 Å². The third-order valence-corrected chi connectivity index (χ3v) is 6.60. The van der Waals surface area contributed by atoms with Gasteiger partial charge in [-0.3, -0.25) is 4.90 Å². The van der Waals surface area contributed by atoms with E-state index in [0.29, 0.717) is 12.8 Å². The largest absolute Gasteiger partial charge is 0.288 e. The first-order valence-electron chi connectivity index (χ1n) is 9.74. The molecular weight excluding hydrogens is 328 g/mol. The summed E-state index contributed by atoms with van der Waals surface area (Å²) in [6.07, 6.45) is 2.95. The van der Waals surface area contributed by atoms with E-state index in [2.05, 4.69) is 29.2 Å². The van der Waals surface area contributed by atoms with Gasteiger partial charge in [-0.25, -0.2) is 8.78 Å². The molecule has 0 N–H and O–H groups in total. The second-order valence-corrected chi connectivity index (χ2v) is 8.17. The van der Waals surface area contributed by atoms with Gasteiger partial charge in [-0.2, -0.15) is 0 Å². The number of nitrogens with zero attached hydrogens (tertiary/aromatic N) is 1. The predicted octanol–water partition coefficient (Wildman–Crippen LogP) is 6.22. The molecule has 0 spiro atoms. The van der Waals surface area contributed by atoms with E-state index in [1.165, 1.54) is 5.56 Å². The molecule has 1 aliphatic carbocycles. The molecular formula is C23H27F2N. The summed E-state index contributed by atoms with van der Waals surface area (Å²) < 4.78 is 30.4. The van der Waals surface area contributed by atoms with Crippen LogP contribution in [-0.4, -0.2) is 16.9 Å². The van der Waals surface area contributed by atoms with E-state index in [-0.39, 0.29) is 18.5 Å². The molecule has 0 aromatic heterocycles. The molecule has 3 atom stereocenters. The van der Waals surface area contributed by atoms with Gasteiger partial charge in [-0.15, -0.1) is 0 Å². The van der Waals surface area contributed by atoms with E-state index < -0.39 is 11.3 Å². The highest BCUT2D eigenvalue weighted by Crippen LogP contribution is 2.59. The van der Waals surface area contributed by atoms with E-state index in [9.17, 15) is 0 Å². The second-order valence-electron chi connectivity index (χ2n) is 8.17. The fraction of sp³-hybridized carbons (Fsp3) is 0.478. The summed E-state index contributed by atoms with van der Waals surface area (Å²) in [4.78, 5) is 2.36. The van der Waals surface area contributed by atoms with E-state index in [1.807, 2.05) is 43.3 Å². The number of alkyl halides is 2. The monoisotopic (exact) mass is 355 g/mol. The number of halogens is 2. The number of benzene rings is 2. The van der Waals surface area contributed by atoms with Gasteiger partial charge in [-0.1, -0.05) is 74.0 Å². The smallest absolute Gasteiger partial charge is 0.254 e. The minimum atomic E-state index is -2.60. The molecule has 0 radical (unpaired) electrons. The molecule has 0 unspecified atom stereocenters. The van der Waals surface area contributed by atoms with Crippen molar-refractivity contribution in [1.29, 1.82) is 0 Å². The van der Waals surface area contributed by atoms with Gasteiger partial charge in [-0.05, 0) is 30.4 Å². The van der Waals surface area contributed by atoms with Crippen molar-refractivity contribution in [2.45, 2.75) is 63.6 Å². The van der Waals surface area contributed by atoms with Crippen LogP contribution in [0.3, 0.4) is 0 Å². The molecule has 1 aliphatic heterocycles. The molecule has 138 valence electrons. The van der Waals surface area contributed by atoms with Gasteiger partial charge >= 0.3 is 0 Å². The Hall–Kier alpha value is -1.74. The third kappa shape index (κ3) is 2.96. The van der Waals surface area contributed by atoms with Crippen LogP contribution in [0.2, 0.25) is 0 Å². The van der Waals surface area contributed by atoms with Gasteiger partial charge in [0.25, 0.3) is 5.92 Å². The van der Waals surface area contributed by atoms with E-state index in [1.54, 1.807) is 0 Å². The van der Waals surface area contributed by atoms with Gasteiger partial charge in [0.05, 0.1) is 0 Å². The molecule has 0 bridgehead atoms. The van der Waals surface area contributed by atoms with Crippen LogP contribution in [0.25, 0.3) is 0 Å². The number of hydrogen-bond donors (Lipinski definition) is 0. The summed E-state index contributed by atoms with van der Waals surface area (Å²) in [5.41, 5.74) is 1.40. The number of hydrogen-bond acceptors (Lipinski definition) is 1.